The zero-order valence-electron chi connectivity index (χ0n) is 15.9. The molecule has 0 radical (unpaired) electrons. The van der Waals surface area contributed by atoms with E-state index in [2.05, 4.69) is 4.98 Å². The molecular weight excluding hydrogens is 366 g/mol. The fourth-order valence-electron chi connectivity index (χ4n) is 2.44. The van der Waals surface area contributed by atoms with E-state index in [4.69, 9.17) is 22.1 Å². The molecular formula is C20H26ClN3O3. The van der Waals surface area contributed by atoms with E-state index in [9.17, 15) is 9.90 Å². The van der Waals surface area contributed by atoms with E-state index in [0.29, 0.717) is 24.3 Å². The summed E-state index contributed by atoms with van der Waals surface area (Å²) in [5.74, 6) is 0. The summed E-state index contributed by atoms with van der Waals surface area (Å²) in [5, 5.41) is 10.8. The predicted molar refractivity (Wildman–Crippen MR) is 107 cm³/mol. The van der Waals surface area contributed by atoms with E-state index in [1.165, 1.54) is 4.90 Å². The minimum absolute atomic E-state index is 0.0528. The molecule has 1 aromatic carbocycles. The van der Waals surface area contributed by atoms with Crippen molar-refractivity contribution < 1.29 is 14.6 Å². The van der Waals surface area contributed by atoms with Gasteiger partial charge in [-0.05, 0) is 57.0 Å². The number of halogens is 1. The maximum atomic E-state index is 12.6. The molecule has 7 heteroatoms. The summed E-state index contributed by atoms with van der Waals surface area (Å²) in [4.78, 5) is 18.2. The van der Waals surface area contributed by atoms with E-state index < -0.39 is 17.8 Å². The lowest BCUT2D eigenvalue weighted by atomic mass is 10.1. The van der Waals surface area contributed by atoms with Crippen LogP contribution in [0.4, 0.5) is 10.5 Å². The Bertz CT molecular complexity index is 760. The minimum Gasteiger partial charge on any atom is -0.444 e. The summed E-state index contributed by atoms with van der Waals surface area (Å²) in [7, 11) is 0. The van der Waals surface area contributed by atoms with Gasteiger partial charge in [-0.3, -0.25) is 0 Å². The van der Waals surface area contributed by atoms with Crippen LogP contribution in [0.1, 0.15) is 38.1 Å². The largest absolute Gasteiger partial charge is 0.444 e. The molecule has 2 rings (SSSR count). The summed E-state index contributed by atoms with van der Waals surface area (Å²) < 4.78 is 5.48. The number of aliphatic hydroxyl groups excluding tert-OH is 1. The number of nitrogens with two attached hydrogens (primary N) is 1. The lowest BCUT2D eigenvalue weighted by Crippen LogP contribution is -2.40. The molecule has 0 aliphatic carbocycles. The van der Waals surface area contributed by atoms with Gasteiger partial charge in [0.05, 0.1) is 12.2 Å². The van der Waals surface area contributed by atoms with Gasteiger partial charge in [0.2, 0.25) is 0 Å². The van der Waals surface area contributed by atoms with Crippen LogP contribution in [0.25, 0.3) is 0 Å². The fraction of sp³-hybridized carbons (Fsp3) is 0.400. The number of nitrogens with zero attached hydrogens (tertiary/aromatic N) is 2. The molecule has 2 aromatic rings. The van der Waals surface area contributed by atoms with Gasteiger partial charge in [-0.25, -0.2) is 9.78 Å². The molecule has 1 unspecified atom stereocenters. The SMILES string of the molecule is CC(C)(C)OC(=O)N(CCc1ccc(N)cc1)CC(O)c1cccc(Cl)n1. The Balaban J connectivity index is 2.10. The molecule has 1 amide bonds. The number of hydrogen-bond donors (Lipinski definition) is 2. The van der Waals surface area contributed by atoms with Crippen molar-refractivity contribution in [3.63, 3.8) is 0 Å². The number of anilines is 1. The molecule has 0 bridgehead atoms. The average Bonchev–Trinajstić information content (AvgIpc) is 2.58. The first-order valence-corrected chi connectivity index (χ1v) is 9.15. The van der Waals surface area contributed by atoms with Gasteiger partial charge < -0.3 is 20.5 Å². The van der Waals surface area contributed by atoms with Gasteiger partial charge in [0, 0.05) is 12.2 Å². The summed E-state index contributed by atoms with van der Waals surface area (Å²) in [6, 6.07) is 12.5. The first-order valence-electron chi connectivity index (χ1n) is 8.77. The molecule has 0 aliphatic heterocycles. The summed E-state index contributed by atoms with van der Waals surface area (Å²) in [6.45, 7) is 5.85. The lowest BCUT2D eigenvalue weighted by molar-refractivity contribution is 0.0143. The van der Waals surface area contributed by atoms with Crippen molar-refractivity contribution in [2.45, 2.75) is 38.9 Å². The number of rotatable bonds is 6. The highest BCUT2D eigenvalue weighted by atomic mass is 35.5. The third-order valence-corrected chi connectivity index (χ3v) is 3.98. The van der Waals surface area contributed by atoms with Crippen LogP contribution in [0.3, 0.4) is 0 Å². The number of aliphatic hydroxyl groups is 1. The third kappa shape index (κ3) is 7.07. The highest BCUT2D eigenvalue weighted by molar-refractivity contribution is 6.29. The molecule has 0 spiro atoms. The van der Waals surface area contributed by atoms with Gasteiger partial charge in [-0.2, -0.15) is 0 Å². The van der Waals surface area contributed by atoms with Gasteiger partial charge >= 0.3 is 6.09 Å². The Morgan fingerprint density at radius 2 is 1.93 bits per heavy atom. The van der Waals surface area contributed by atoms with Gasteiger partial charge in [0.15, 0.2) is 0 Å². The van der Waals surface area contributed by atoms with E-state index in [1.54, 1.807) is 39.0 Å². The Morgan fingerprint density at radius 3 is 2.52 bits per heavy atom. The fourth-order valence-corrected chi connectivity index (χ4v) is 2.61. The van der Waals surface area contributed by atoms with Crippen LogP contribution in [-0.4, -0.2) is 39.8 Å². The van der Waals surface area contributed by atoms with E-state index >= 15 is 0 Å². The van der Waals surface area contributed by atoms with Crippen LogP contribution in [0.15, 0.2) is 42.5 Å². The molecule has 1 heterocycles. The number of hydrogen-bond acceptors (Lipinski definition) is 5. The second-order valence-corrected chi connectivity index (χ2v) is 7.71. The molecule has 6 nitrogen and oxygen atoms in total. The van der Waals surface area contributed by atoms with Crippen molar-refractivity contribution in [3.05, 3.63) is 58.9 Å². The van der Waals surface area contributed by atoms with Crippen LogP contribution in [-0.2, 0) is 11.2 Å². The maximum Gasteiger partial charge on any atom is 0.410 e. The van der Waals surface area contributed by atoms with Gasteiger partial charge in [0.25, 0.3) is 0 Å². The molecule has 1 aromatic heterocycles. The molecule has 1 atom stereocenters. The van der Waals surface area contributed by atoms with E-state index in [0.717, 1.165) is 5.56 Å². The first-order chi connectivity index (χ1) is 12.6. The van der Waals surface area contributed by atoms with Gasteiger partial charge in [-0.1, -0.05) is 29.8 Å². The Kier molecular flexibility index (Phi) is 7.05. The molecule has 0 aliphatic rings. The molecule has 146 valence electrons. The highest BCUT2D eigenvalue weighted by Gasteiger charge is 2.25. The maximum absolute atomic E-state index is 12.6. The second-order valence-electron chi connectivity index (χ2n) is 7.32. The van der Waals surface area contributed by atoms with Crippen molar-refractivity contribution >= 4 is 23.4 Å². The van der Waals surface area contributed by atoms with Gasteiger partial charge in [-0.15, -0.1) is 0 Å². The Labute approximate surface area is 164 Å². The Morgan fingerprint density at radius 1 is 1.26 bits per heavy atom. The standard InChI is InChI=1S/C20H26ClN3O3/c1-20(2,3)27-19(26)24(12-11-14-7-9-15(22)10-8-14)13-17(25)16-5-4-6-18(21)23-16/h4-10,17,25H,11-13,22H2,1-3H3. The lowest BCUT2D eigenvalue weighted by Gasteiger charge is -2.29. The molecule has 0 saturated heterocycles. The summed E-state index contributed by atoms with van der Waals surface area (Å²) >= 11 is 5.89. The average molecular weight is 392 g/mol. The van der Waals surface area contributed by atoms with Crippen molar-refractivity contribution in [3.8, 4) is 0 Å². The van der Waals surface area contributed by atoms with Crippen molar-refractivity contribution in [1.29, 1.82) is 0 Å². The molecule has 0 saturated carbocycles. The normalized spacial score (nSPS) is 12.5. The van der Waals surface area contributed by atoms with E-state index in [-0.39, 0.29) is 11.7 Å². The van der Waals surface area contributed by atoms with Crippen molar-refractivity contribution in [1.82, 2.24) is 9.88 Å². The van der Waals surface area contributed by atoms with Crippen LogP contribution in [0.2, 0.25) is 5.15 Å². The number of benzene rings is 1. The topological polar surface area (TPSA) is 88.7 Å². The second kappa shape index (κ2) is 9.06. The quantitative estimate of drug-likeness (QED) is 0.577. The number of amides is 1. The summed E-state index contributed by atoms with van der Waals surface area (Å²) in [6.07, 6.45) is -0.850. The highest BCUT2D eigenvalue weighted by Crippen LogP contribution is 2.18. The van der Waals surface area contributed by atoms with Crippen molar-refractivity contribution in [2.75, 3.05) is 18.8 Å². The monoisotopic (exact) mass is 391 g/mol. The number of nitrogen functional groups attached to an aromatic ring is 1. The zero-order chi connectivity index (χ0) is 20.0. The predicted octanol–water partition coefficient (Wildman–Crippen LogP) is 3.83. The number of aromatic nitrogens is 1. The van der Waals surface area contributed by atoms with Crippen molar-refractivity contribution in [2.24, 2.45) is 0 Å². The zero-order valence-corrected chi connectivity index (χ0v) is 16.6. The molecule has 0 fully saturated rings. The smallest absolute Gasteiger partial charge is 0.410 e. The summed E-state index contributed by atoms with van der Waals surface area (Å²) in [5.41, 5.74) is 7.20. The number of carbonyl (C=O) groups excluding carboxylic acids is 1. The Hall–Kier alpha value is -2.31. The van der Waals surface area contributed by atoms with Crippen LogP contribution >= 0.6 is 11.6 Å². The molecule has 3 N–H and O–H groups in total. The van der Waals surface area contributed by atoms with Crippen LogP contribution in [0.5, 0.6) is 0 Å². The van der Waals surface area contributed by atoms with Gasteiger partial charge in [0.1, 0.15) is 16.9 Å². The number of pyridine rings is 1. The molecule has 27 heavy (non-hydrogen) atoms. The number of ether oxygens (including phenoxy) is 1. The third-order valence-electron chi connectivity index (χ3n) is 3.77. The van der Waals surface area contributed by atoms with Crippen LogP contribution in [0, 0.1) is 0 Å². The van der Waals surface area contributed by atoms with E-state index in [1.807, 2.05) is 24.3 Å². The van der Waals surface area contributed by atoms with Crippen LogP contribution < -0.4 is 5.73 Å². The first kappa shape index (κ1) is 21.0. The number of carbonyl (C=O) groups is 1. The minimum atomic E-state index is -0.970.